The van der Waals surface area contributed by atoms with E-state index in [2.05, 4.69) is 5.10 Å². The summed E-state index contributed by atoms with van der Waals surface area (Å²) in [4.78, 5) is 24.6. The molecule has 6 nitrogen and oxygen atoms in total. The summed E-state index contributed by atoms with van der Waals surface area (Å²) in [5.74, 6) is -0.593. The van der Waals surface area contributed by atoms with E-state index >= 15 is 0 Å². The number of aryl methyl sites for hydroxylation is 1. The highest BCUT2D eigenvalue weighted by Gasteiger charge is 2.60. The van der Waals surface area contributed by atoms with E-state index in [1.54, 1.807) is 7.05 Å². The zero-order chi connectivity index (χ0) is 11.4. The van der Waals surface area contributed by atoms with Crippen LogP contribution in [0.3, 0.4) is 0 Å². The summed E-state index contributed by atoms with van der Waals surface area (Å²) in [6.45, 7) is 0. The summed E-state index contributed by atoms with van der Waals surface area (Å²) < 4.78 is 1.43. The van der Waals surface area contributed by atoms with E-state index < -0.39 is 0 Å². The van der Waals surface area contributed by atoms with E-state index in [1.165, 1.54) is 10.9 Å². The predicted octanol–water partition coefficient (Wildman–Crippen LogP) is -0.199. The van der Waals surface area contributed by atoms with Crippen LogP contribution in [0.5, 0.6) is 0 Å². The number of amides is 2. The number of carbonyl (C=O) groups excluding carboxylic acids is 2. The van der Waals surface area contributed by atoms with Crippen LogP contribution in [0.15, 0.2) is 6.20 Å². The number of piperidine rings is 1. The van der Waals surface area contributed by atoms with Crippen LogP contribution in [0.2, 0.25) is 0 Å². The van der Waals surface area contributed by atoms with Crippen LogP contribution in [-0.2, 0) is 16.6 Å². The standard InChI is InChI=1S/C10H8N4O2/c1-13-4-5(3-11)8(12-13)14-9(15)6-2-7(6)10(14)16/h4,6-7H,2H2,1H3. The number of aromatic nitrogens is 2. The van der Waals surface area contributed by atoms with Crippen molar-refractivity contribution in [3.05, 3.63) is 11.8 Å². The second-order valence-corrected chi connectivity index (χ2v) is 4.11. The molecule has 2 amide bonds. The number of hydrogen-bond acceptors (Lipinski definition) is 4. The third-order valence-corrected chi connectivity index (χ3v) is 3.01. The molecule has 3 rings (SSSR count). The molecule has 0 aromatic carbocycles. The summed E-state index contributed by atoms with van der Waals surface area (Å²) in [7, 11) is 1.65. The second kappa shape index (κ2) is 2.70. The topological polar surface area (TPSA) is 79.0 Å². The number of fused-ring (bicyclic) bond motifs is 1. The Balaban J connectivity index is 2.07. The summed E-state index contributed by atoms with van der Waals surface area (Å²) in [6, 6.07) is 1.93. The van der Waals surface area contributed by atoms with Crippen molar-refractivity contribution in [1.82, 2.24) is 9.78 Å². The Labute approximate surface area is 91.1 Å². The van der Waals surface area contributed by atoms with E-state index in [9.17, 15) is 9.59 Å². The molecule has 0 N–H and O–H groups in total. The Morgan fingerprint density at radius 2 is 2.06 bits per heavy atom. The van der Waals surface area contributed by atoms with Gasteiger partial charge in [-0.1, -0.05) is 0 Å². The van der Waals surface area contributed by atoms with Gasteiger partial charge in [0.05, 0.1) is 11.8 Å². The highest BCUT2D eigenvalue weighted by Crippen LogP contribution is 2.48. The van der Waals surface area contributed by atoms with Gasteiger partial charge in [-0.3, -0.25) is 14.3 Å². The lowest BCUT2D eigenvalue weighted by atomic mass is 10.3. The average molecular weight is 216 g/mol. The predicted molar refractivity (Wildman–Crippen MR) is 52.0 cm³/mol. The molecule has 6 heteroatoms. The van der Waals surface area contributed by atoms with E-state index in [-0.39, 0.29) is 35.0 Å². The quantitative estimate of drug-likeness (QED) is 0.609. The van der Waals surface area contributed by atoms with Crippen molar-refractivity contribution in [1.29, 1.82) is 5.26 Å². The average Bonchev–Trinajstić information content (AvgIpc) is 2.91. The molecule has 0 radical (unpaired) electrons. The van der Waals surface area contributed by atoms with Crippen molar-refractivity contribution in [2.75, 3.05) is 4.90 Å². The first-order chi connectivity index (χ1) is 7.63. The molecule has 1 aromatic heterocycles. The summed E-state index contributed by atoms with van der Waals surface area (Å²) in [5, 5.41) is 12.9. The number of nitriles is 1. The van der Waals surface area contributed by atoms with Crippen LogP contribution in [-0.4, -0.2) is 21.6 Å². The number of nitrogens with zero attached hydrogens (tertiary/aromatic N) is 4. The highest BCUT2D eigenvalue weighted by molar-refractivity contribution is 6.24. The minimum Gasteiger partial charge on any atom is -0.274 e. The Morgan fingerprint density at radius 3 is 2.62 bits per heavy atom. The fourth-order valence-electron chi connectivity index (χ4n) is 2.11. The SMILES string of the molecule is Cn1cc(C#N)c(N2C(=O)C3CC3C2=O)n1. The first-order valence-electron chi connectivity index (χ1n) is 4.95. The Bertz CT molecular complexity index is 534. The van der Waals surface area contributed by atoms with Crippen LogP contribution in [0.4, 0.5) is 5.82 Å². The molecule has 0 bridgehead atoms. The molecular weight excluding hydrogens is 208 g/mol. The molecule has 1 aliphatic carbocycles. The highest BCUT2D eigenvalue weighted by atomic mass is 16.2. The number of anilines is 1. The van der Waals surface area contributed by atoms with Crippen molar-refractivity contribution in [2.24, 2.45) is 18.9 Å². The molecule has 2 aliphatic rings. The fraction of sp³-hybridized carbons (Fsp3) is 0.400. The second-order valence-electron chi connectivity index (χ2n) is 4.11. The van der Waals surface area contributed by atoms with Gasteiger partial charge in [-0.05, 0) is 6.42 Å². The number of rotatable bonds is 1. The maximum atomic E-state index is 11.8. The maximum absolute atomic E-state index is 11.8. The minimum atomic E-state index is -0.217. The van der Waals surface area contributed by atoms with Crippen molar-refractivity contribution < 1.29 is 9.59 Å². The molecule has 2 heterocycles. The number of carbonyl (C=O) groups is 2. The van der Waals surface area contributed by atoms with Gasteiger partial charge in [-0.2, -0.15) is 10.4 Å². The van der Waals surface area contributed by atoms with Gasteiger partial charge in [0, 0.05) is 13.2 Å². The fourth-order valence-corrected chi connectivity index (χ4v) is 2.11. The van der Waals surface area contributed by atoms with Gasteiger partial charge >= 0.3 is 0 Å². The molecular formula is C10H8N4O2. The lowest BCUT2D eigenvalue weighted by Gasteiger charge is -2.12. The van der Waals surface area contributed by atoms with Crippen molar-refractivity contribution in [2.45, 2.75) is 6.42 Å². The van der Waals surface area contributed by atoms with Gasteiger partial charge in [0.25, 0.3) is 0 Å². The van der Waals surface area contributed by atoms with Crippen molar-refractivity contribution in [3.63, 3.8) is 0 Å². The van der Waals surface area contributed by atoms with E-state index in [0.717, 1.165) is 4.90 Å². The lowest BCUT2D eigenvalue weighted by molar-refractivity contribution is -0.123. The Kier molecular flexibility index (Phi) is 1.53. The summed E-state index contributed by atoms with van der Waals surface area (Å²) >= 11 is 0. The van der Waals surface area contributed by atoms with Gasteiger partial charge in [0.2, 0.25) is 11.8 Å². The van der Waals surface area contributed by atoms with Crippen molar-refractivity contribution >= 4 is 17.6 Å². The molecule has 0 spiro atoms. The molecule has 2 fully saturated rings. The lowest BCUT2D eigenvalue weighted by Crippen LogP contribution is -2.33. The third-order valence-electron chi connectivity index (χ3n) is 3.01. The smallest absolute Gasteiger partial charge is 0.239 e. The van der Waals surface area contributed by atoms with Crippen LogP contribution >= 0.6 is 0 Å². The molecule has 1 aliphatic heterocycles. The monoisotopic (exact) mass is 216 g/mol. The molecule has 2 atom stereocenters. The molecule has 1 saturated carbocycles. The van der Waals surface area contributed by atoms with Gasteiger partial charge in [-0.15, -0.1) is 0 Å². The zero-order valence-electron chi connectivity index (χ0n) is 8.54. The van der Waals surface area contributed by atoms with E-state index in [4.69, 9.17) is 5.26 Å². The Hall–Kier alpha value is -2.16. The zero-order valence-corrected chi connectivity index (χ0v) is 8.54. The van der Waals surface area contributed by atoms with Crippen LogP contribution < -0.4 is 4.90 Å². The van der Waals surface area contributed by atoms with Crippen LogP contribution in [0, 0.1) is 23.2 Å². The normalized spacial score (nSPS) is 26.9. The largest absolute Gasteiger partial charge is 0.274 e. The maximum Gasteiger partial charge on any atom is 0.239 e. The van der Waals surface area contributed by atoms with Gasteiger partial charge in [0.1, 0.15) is 11.6 Å². The molecule has 1 saturated heterocycles. The van der Waals surface area contributed by atoms with Gasteiger partial charge < -0.3 is 0 Å². The molecule has 16 heavy (non-hydrogen) atoms. The number of hydrogen-bond donors (Lipinski definition) is 0. The number of imide groups is 1. The van der Waals surface area contributed by atoms with E-state index in [0.29, 0.717) is 6.42 Å². The van der Waals surface area contributed by atoms with Gasteiger partial charge in [0.15, 0.2) is 5.82 Å². The van der Waals surface area contributed by atoms with Crippen LogP contribution in [0.25, 0.3) is 0 Å². The Morgan fingerprint density at radius 1 is 1.44 bits per heavy atom. The first-order valence-corrected chi connectivity index (χ1v) is 4.95. The molecule has 1 aromatic rings. The molecule has 2 unspecified atom stereocenters. The van der Waals surface area contributed by atoms with Gasteiger partial charge in [-0.25, -0.2) is 4.90 Å². The van der Waals surface area contributed by atoms with E-state index in [1.807, 2.05) is 6.07 Å². The molecule has 80 valence electrons. The third kappa shape index (κ3) is 0.972. The summed E-state index contributed by atoms with van der Waals surface area (Å²) in [5.41, 5.74) is 0.255. The van der Waals surface area contributed by atoms with Crippen molar-refractivity contribution in [3.8, 4) is 6.07 Å². The van der Waals surface area contributed by atoms with Crippen LogP contribution in [0.1, 0.15) is 12.0 Å². The summed E-state index contributed by atoms with van der Waals surface area (Å²) in [6.07, 6.45) is 2.16. The first kappa shape index (κ1) is 9.09. The minimum absolute atomic E-state index is 0.166.